The number of aryl methyl sites for hydroxylation is 1. The predicted molar refractivity (Wildman–Crippen MR) is 86.3 cm³/mol. The van der Waals surface area contributed by atoms with E-state index < -0.39 is 0 Å². The number of nitrogen functional groups attached to an aromatic ring is 1. The van der Waals surface area contributed by atoms with Crippen LogP contribution in [0.5, 0.6) is 0 Å². The largest absolute Gasteiger partial charge is 0.399 e. The highest BCUT2D eigenvalue weighted by atomic mass is 15.0. The van der Waals surface area contributed by atoms with Gasteiger partial charge in [-0.05, 0) is 61.6 Å². The van der Waals surface area contributed by atoms with E-state index in [4.69, 9.17) is 5.73 Å². The molecule has 3 nitrogen and oxygen atoms in total. The molecule has 0 spiro atoms. The van der Waals surface area contributed by atoms with E-state index in [-0.39, 0.29) is 0 Å². The van der Waals surface area contributed by atoms with Crippen molar-refractivity contribution in [1.82, 2.24) is 9.55 Å². The second-order valence-electron chi connectivity index (χ2n) is 5.82. The van der Waals surface area contributed by atoms with E-state index in [1.807, 2.05) is 18.3 Å². The highest BCUT2D eigenvalue weighted by Gasteiger charge is 2.20. The van der Waals surface area contributed by atoms with Crippen LogP contribution in [0.25, 0.3) is 10.9 Å². The Kier molecular flexibility index (Phi) is 2.92. The van der Waals surface area contributed by atoms with Gasteiger partial charge < -0.3 is 10.3 Å². The molecule has 1 aromatic carbocycles. The molecule has 0 unspecified atom stereocenters. The lowest BCUT2D eigenvalue weighted by Crippen LogP contribution is -2.09. The van der Waals surface area contributed by atoms with Gasteiger partial charge >= 0.3 is 0 Å². The number of rotatable bonds is 2. The third-order valence-electron chi connectivity index (χ3n) is 4.45. The predicted octanol–water partition coefficient (Wildman–Crippen LogP) is 3.55. The fourth-order valence-corrected chi connectivity index (χ4v) is 3.49. The number of nitrogens with zero attached hydrogens (tertiary/aromatic N) is 2. The topological polar surface area (TPSA) is 43.8 Å². The van der Waals surface area contributed by atoms with Crippen molar-refractivity contribution in [1.29, 1.82) is 0 Å². The lowest BCUT2D eigenvalue weighted by atomic mass is 9.95. The molecule has 0 atom stereocenters. The summed E-state index contributed by atoms with van der Waals surface area (Å²) in [6, 6.07) is 12.4. The molecule has 1 aliphatic rings. The van der Waals surface area contributed by atoms with Crippen molar-refractivity contribution in [3.05, 3.63) is 59.5 Å². The summed E-state index contributed by atoms with van der Waals surface area (Å²) in [7, 11) is 0. The van der Waals surface area contributed by atoms with E-state index in [1.54, 1.807) is 0 Å². The summed E-state index contributed by atoms with van der Waals surface area (Å²) in [4.78, 5) is 4.48. The second kappa shape index (κ2) is 4.92. The normalized spacial score (nSPS) is 14.3. The van der Waals surface area contributed by atoms with Crippen molar-refractivity contribution in [3.8, 4) is 0 Å². The fraction of sp³-hybridized carbons (Fsp3) is 0.278. The molecule has 21 heavy (non-hydrogen) atoms. The van der Waals surface area contributed by atoms with Crippen molar-refractivity contribution < 1.29 is 0 Å². The van der Waals surface area contributed by atoms with Crippen molar-refractivity contribution in [2.75, 3.05) is 5.73 Å². The molecule has 0 amide bonds. The molecule has 0 fully saturated rings. The molecule has 0 aliphatic heterocycles. The Bertz CT molecular complexity index is 787. The van der Waals surface area contributed by atoms with Crippen LogP contribution >= 0.6 is 0 Å². The Balaban J connectivity index is 1.91. The first kappa shape index (κ1) is 12.5. The summed E-state index contributed by atoms with van der Waals surface area (Å²) in [6.45, 7) is 0.844. The van der Waals surface area contributed by atoms with Gasteiger partial charge in [-0.3, -0.25) is 4.98 Å². The van der Waals surface area contributed by atoms with Crippen LogP contribution in [0.15, 0.2) is 42.6 Å². The Morgan fingerprint density at radius 1 is 1.10 bits per heavy atom. The van der Waals surface area contributed by atoms with Gasteiger partial charge in [0.25, 0.3) is 0 Å². The minimum Gasteiger partial charge on any atom is -0.399 e. The SMILES string of the molecule is Nc1ccc2c(c1)c1c(n2Cc2ccccn2)CCCC1. The van der Waals surface area contributed by atoms with Crippen LogP contribution in [-0.2, 0) is 19.4 Å². The number of benzene rings is 1. The van der Waals surface area contributed by atoms with Crippen molar-refractivity contribution >= 4 is 16.6 Å². The number of hydrogen-bond acceptors (Lipinski definition) is 2. The van der Waals surface area contributed by atoms with E-state index in [0.717, 1.165) is 24.3 Å². The van der Waals surface area contributed by atoms with Crippen LogP contribution in [0.3, 0.4) is 0 Å². The van der Waals surface area contributed by atoms with E-state index in [9.17, 15) is 0 Å². The number of nitrogens with two attached hydrogens (primary N) is 1. The molecule has 2 N–H and O–H groups in total. The minimum absolute atomic E-state index is 0.844. The quantitative estimate of drug-likeness (QED) is 0.728. The molecule has 3 aromatic rings. The van der Waals surface area contributed by atoms with E-state index in [1.165, 1.54) is 41.4 Å². The molecule has 2 aromatic heterocycles. The Morgan fingerprint density at radius 3 is 2.86 bits per heavy atom. The Morgan fingerprint density at radius 2 is 2.00 bits per heavy atom. The van der Waals surface area contributed by atoms with Gasteiger partial charge in [-0.25, -0.2) is 0 Å². The average Bonchev–Trinajstić information content (AvgIpc) is 2.82. The van der Waals surface area contributed by atoms with E-state index in [2.05, 4.69) is 33.8 Å². The zero-order chi connectivity index (χ0) is 14.2. The van der Waals surface area contributed by atoms with Gasteiger partial charge in [-0.1, -0.05) is 6.07 Å². The highest BCUT2D eigenvalue weighted by molar-refractivity contribution is 5.88. The van der Waals surface area contributed by atoms with Gasteiger partial charge in [-0.2, -0.15) is 0 Å². The average molecular weight is 277 g/mol. The molecule has 2 heterocycles. The molecule has 0 saturated heterocycles. The number of aromatic nitrogens is 2. The summed E-state index contributed by atoms with van der Waals surface area (Å²) < 4.78 is 2.44. The van der Waals surface area contributed by atoms with E-state index in [0.29, 0.717) is 0 Å². The lowest BCUT2D eigenvalue weighted by Gasteiger charge is -2.15. The standard InChI is InChI=1S/C18H19N3/c19-13-8-9-18-16(11-13)15-6-1-2-7-17(15)21(18)12-14-5-3-4-10-20-14/h3-5,8-11H,1-2,6-7,12,19H2. The number of pyridine rings is 1. The molecular weight excluding hydrogens is 258 g/mol. The lowest BCUT2D eigenvalue weighted by molar-refractivity contribution is 0.634. The number of anilines is 1. The number of fused-ring (bicyclic) bond motifs is 3. The van der Waals surface area contributed by atoms with Gasteiger partial charge in [0.15, 0.2) is 0 Å². The minimum atomic E-state index is 0.844. The summed E-state index contributed by atoms with van der Waals surface area (Å²) in [5.41, 5.74) is 12.2. The summed E-state index contributed by atoms with van der Waals surface area (Å²) >= 11 is 0. The maximum absolute atomic E-state index is 6.00. The zero-order valence-corrected chi connectivity index (χ0v) is 12.0. The third kappa shape index (κ3) is 2.09. The molecule has 0 saturated carbocycles. The first-order valence-electron chi connectivity index (χ1n) is 7.62. The van der Waals surface area contributed by atoms with Crippen LogP contribution in [0, 0.1) is 0 Å². The molecule has 106 valence electrons. The van der Waals surface area contributed by atoms with Crippen molar-refractivity contribution in [2.24, 2.45) is 0 Å². The molecule has 1 aliphatic carbocycles. The van der Waals surface area contributed by atoms with Gasteiger partial charge in [0, 0.05) is 28.5 Å². The highest BCUT2D eigenvalue weighted by Crippen LogP contribution is 2.33. The Hall–Kier alpha value is -2.29. The van der Waals surface area contributed by atoms with Crippen LogP contribution in [0.1, 0.15) is 29.8 Å². The first-order valence-corrected chi connectivity index (χ1v) is 7.62. The zero-order valence-electron chi connectivity index (χ0n) is 12.0. The molecule has 3 heteroatoms. The van der Waals surface area contributed by atoms with Gasteiger partial charge in [0.1, 0.15) is 0 Å². The van der Waals surface area contributed by atoms with Crippen LogP contribution in [0.2, 0.25) is 0 Å². The fourth-order valence-electron chi connectivity index (χ4n) is 3.49. The maximum Gasteiger partial charge on any atom is 0.0651 e. The molecule has 0 radical (unpaired) electrons. The summed E-state index contributed by atoms with van der Waals surface area (Å²) in [5.74, 6) is 0. The monoisotopic (exact) mass is 277 g/mol. The maximum atomic E-state index is 6.00. The third-order valence-corrected chi connectivity index (χ3v) is 4.45. The summed E-state index contributed by atoms with van der Waals surface area (Å²) in [6.07, 6.45) is 6.76. The molecule has 4 rings (SSSR count). The second-order valence-corrected chi connectivity index (χ2v) is 5.82. The molecule has 0 bridgehead atoms. The van der Waals surface area contributed by atoms with Crippen LogP contribution < -0.4 is 5.73 Å². The van der Waals surface area contributed by atoms with Gasteiger partial charge in [0.2, 0.25) is 0 Å². The Labute approximate surface area is 124 Å². The van der Waals surface area contributed by atoms with Gasteiger partial charge in [0.05, 0.1) is 12.2 Å². The van der Waals surface area contributed by atoms with Crippen molar-refractivity contribution in [2.45, 2.75) is 32.2 Å². The smallest absolute Gasteiger partial charge is 0.0651 e. The van der Waals surface area contributed by atoms with Crippen LogP contribution in [0.4, 0.5) is 5.69 Å². The first-order chi connectivity index (χ1) is 10.3. The van der Waals surface area contributed by atoms with Crippen LogP contribution in [-0.4, -0.2) is 9.55 Å². The van der Waals surface area contributed by atoms with E-state index >= 15 is 0 Å². The van der Waals surface area contributed by atoms with Gasteiger partial charge in [-0.15, -0.1) is 0 Å². The van der Waals surface area contributed by atoms with Crippen molar-refractivity contribution in [3.63, 3.8) is 0 Å². The molecular formula is C18H19N3. The number of hydrogen-bond donors (Lipinski definition) is 1. The summed E-state index contributed by atoms with van der Waals surface area (Å²) in [5, 5.41) is 1.33.